The number of nitrogens with zero attached hydrogens (tertiary/aromatic N) is 3. The maximum absolute atomic E-state index is 9.70. The number of allylic oxidation sites excluding steroid dienone is 1. The zero-order valence-corrected chi connectivity index (χ0v) is 12.3. The molecule has 0 spiro atoms. The average Bonchev–Trinajstić information content (AvgIpc) is 3.22. The van der Waals surface area contributed by atoms with Crippen molar-refractivity contribution >= 4 is 0 Å². The Labute approximate surface area is 125 Å². The number of rotatable bonds is 3. The van der Waals surface area contributed by atoms with E-state index in [4.69, 9.17) is 9.84 Å². The van der Waals surface area contributed by atoms with Gasteiger partial charge in [0.05, 0.1) is 11.7 Å². The van der Waals surface area contributed by atoms with Gasteiger partial charge in [0.15, 0.2) is 0 Å². The predicted molar refractivity (Wildman–Crippen MR) is 78.4 cm³/mol. The maximum atomic E-state index is 9.70. The van der Waals surface area contributed by atoms with E-state index in [-0.39, 0.29) is 24.8 Å². The van der Waals surface area contributed by atoms with E-state index in [1.807, 2.05) is 10.9 Å². The number of aliphatic hydroxyl groups is 1. The van der Waals surface area contributed by atoms with Crippen molar-refractivity contribution in [3.05, 3.63) is 29.7 Å². The van der Waals surface area contributed by atoms with E-state index in [9.17, 15) is 5.11 Å². The first-order valence-corrected chi connectivity index (χ1v) is 8.10. The molecule has 3 aliphatic heterocycles. The fraction of sp³-hybridized carbons (Fsp3) is 0.688. The van der Waals surface area contributed by atoms with Crippen molar-refractivity contribution in [1.29, 1.82) is 0 Å². The smallest absolute Gasteiger partial charge is 0.150 e. The Hall–Kier alpha value is -1.33. The third kappa shape index (κ3) is 2.28. The Balaban J connectivity index is 1.58. The largest absolute Gasteiger partial charge is 0.396 e. The summed E-state index contributed by atoms with van der Waals surface area (Å²) in [7, 11) is 0. The Morgan fingerprint density at radius 1 is 1.38 bits per heavy atom. The van der Waals surface area contributed by atoms with Gasteiger partial charge in [0.2, 0.25) is 0 Å². The third-order valence-corrected chi connectivity index (χ3v) is 4.99. The molecule has 0 aromatic carbocycles. The van der Waals surface area contributed by atoms with E-state index in [0.29, 0.717) is 0 Å². The molecule has 3 aliphatic rings. The van der Waals surface area contributed by atoms with Crippen LogP contribution in [0, 0.1) is 5.92 Å². The van der Waals surface area contributed by atoms with Gasteiger partial charge in [-0.1, -0.05) is 6.08 Å². The molecule has 5 heteroatoms. The van der Waals surface area contributed by atoms with Gasteiger partial charge >= 0.3 is 0 Å². The summed E-state index contributed by atoms with van der Waals surface area (Å²) in [5.74, 6) is 0.271. The average molecular weight is 289 g/mol. The molecule has 1 aromatic heterocycles. The number of ether oxygens (including phenoxy) is 1. The lowest BCUT2D eigenvalue weighted by Crippen LogP contribution is -2.26. The third-order valence-electron chi connectivity index (χ3n) is 4.99. The predicted octanol–water partition coefficient (Wildman–Crippen LogP) is 2.23. The fourth-order valence-corrected chi connectivity index (χ4v) is 3.95. The van der Waals surface area contributed by atoms with Crippen LogP contribution in [-0.2, 0) is 4.74 Å². The quantitative estimate of drug-likeness (QED) is 0.927. The van der Waals surface area contributed by atoms with Crippen molar-refractivity contribution in [2.45, 2.75) is 44.4 Å². The zero-order chi connectivity index (χ0) is 14.2. The highest BCUT2D eigenvalue weighted by molar-refractivity contribution is 5.22. The first-order chi connectivity index (χ1) is 10.4. The van der Waals surface area contributed by atoms with Crippen molar-refractivity contribution < 1.29 is 9.84 Å². The summed E-state index contributed by atoms with van der Waals surface area (Å²) < 4.78 is 7.78. The van der Waals surface area contributed by atoms with Crippen LogP contribution < -0.4 is 0 Å². The zero-order valence-electron chi connectivity index (χ0n) is 12.3. The van der Waals surface area contributed by atoms with E-state index < -0.39 is 0 Å². The lowest BCUT2D eigenvalue weighted by Gasteiger charge is -2.26. The monoisotopic (exact) mass is 289 g/mol. The molecule has 0 aliphatic carbocycles. The minimum Gasteiger partial charge on any atom is -0.396 e. The summed E-state index contributed by atoms with van der Waals surface area (Å²) in [5, 5.41) is 14.5. The maximum Gasteiger partial charge on any atom is 0.150 e. The molecule has 0 radical (unpaired) electrons. The van der Waals surface area contributed by atoms with Gasteiger partial charge in [0, 0.05) is 37.6 Å². The van der Waals surface area contributed by atoms with E-state index in [0.717, 1.165) is 44.5 Å². The van der Waals surface area contributed by atoms with Crippen molar-refractivity contribution in [2.24, 2.45) is 5.92 Å². The van der Waals surface area contributed by atoms with E-state index >= 15 is 0 Å². The first-order valence-electron chi connectivity index (χ1n) is 8.10. The number of fused-ring (bicyclic) bond motifs is 1. The van der Waals surface area contributed by atoms with Gasteiger partial charge < -0.3 is 14.7 Å². The molecule has 5 nitrogen and oxygen atoms in total. The van der Waals surface area contributed by atoms with Gasteiger partial charge in [-0.3, -0.25) is 0 Å². The number of aliphatic hydroxyl groups excluding tert-OH is 1. The standard InChI is InChI=1S/C16H23N3O2/c20-11-12-10-13-4-3-7-18(13)16(12)14-6-8-19(17-14)15-5-1-2-9-21-15/h4,6,8,12,15-16,20H,1-3,5,7,9-11H2/t12-,15?,16-/m0/s1. The molecule has 1 aromatic rings. The summed E-state index contributed by atoms with van der Waals surface area (Å²) in [4.78, 5) is 2.43. The van der Waals surface area contributed by atoms with Gasteiger partial charge in [0.25, 0.3) is 0 Å². The van der Waals surface area contributed by atoms with Crippen LogP contribution in [-0.4, -0.2) is 39.5 Å². The number of hydrogen-bond donors (Lipinski definition) is 1. The second kappa shape index (κ2) is 5.46. The van der Waals surface area contributed by atoms with Crippen LogP contribution in [0.4, 0.5) is 0 Å². The van der Waals surface area contributed by atoms with Gasteiger partial charge in [-0.15, -0.1) is 0 Å². The van der Waals surface area contributed by atoms with Crippen LogP contribution in [0.1, 0.15) is 50.1 Å². The summed E-state index contributed by atoms with van der Waals surface area (Å²) in [6.45, 7) is 2.12. The highest BCUT2D eigenvalue weighted by Gasteiger charge is 2.40. The Bertz CT molecular complexity index is 533. The van der Waals surface area contributed by atoms with E-state index in [1.54, 1.807) is 0 Å². The van der Waals surface area contributed by atoms with Crippen LogP contribution in [0.15, 0.2) is 24.0 Å². The molecule has 114 valence electrons. The molecule has 0 bridgehead atoms. The second-order valence-electron chi connectivity index (χ2n) is 6.31. The van der Waals surface area contributed by atoms with Crippen molar-refractivity contribution in [2.75, 3.05) is 19.8 Å². The molecule has 1 unspecified atom stereocenters. The molecule has 0 amide bonds. The molecular formula is C16H23N3O2. The van der Waals surface area contributed by atoms with Crippen LogP contribution >= 0.6 is 0 Å². The Morgan fingerprint density at radius 3 is 3.14 bits per heavy atom. The molecule has 2 fully saturated rings. The molecule has 2 saturated heterocycles. The molecule has 3 atom stereocenters. The van der Waals surface area contributed by atoms with Crippen LogP contribution in [0.25, 0.3) is 0 Å². The SMILES string of the molecule is OC[C@@H]1CC2=CCCN2[C@@H]1c1ccn(C2CCCCO2)n1. The van der Waals surface area contributed by atoms with E-state index in [2.05, 4.69) is 17.0 Å². The summed E-state index contributed by atoms with van der Waals surface area (Å²) >= 11 is 0. The van der Waals surface area contributed by atoms with Gasteiger partial charge in [-0.05, 0) is 38.2 Å². The first kappa shape index (κ1) is 13.3. The van der Waals surface area contributed by atoms with E-state index in [1.165, 1.54) is 12.1 Å². The van der Waals surface area contributed by atoms with Crippen molar-refractivity contribution in [3.8, 4) is 0 Å². The molecule has 4 rings (SSSR count). The highest BCUT2D eigenvalue weighted by atomic mass is 16.5. The molecule has 21 heavy (non-hydrogen) atoms. The summed E-state index contributed by atoms with van der Waals surface area (Å²) in [5.41, 5.74) is 2.47. The topological polar surface area (TPSA) is 50.5 Å². The van der Waals surface area contributed by atoms with Gasteiger partial charge in [0.1, 0.15) is 6.23 Å². The molecule has 4 heterocycles. The minimum atomic E-state index is 0.0927. The number of hydrogen-bond acceptors (Lipinski definition) is 4. The fourth-order valence-electron chi connectivity index (χ4n) is 3.95. The van der Waals surface area contributed by atoms with Gasteiger partial charge in [-0.25, -0.2) is 4.68 Å². The van der Waals surface area contributed by atoms with Crippen molar-refractivity contribution in [3.63, 3.8) is 0 Å². The Morgan fingerprint density at radius 2 is 2.33 bits per heavy atom. The molecule has 1 N–H and O–H groups in total. The normalized spacial score (nSPS) is 32.3. The lowest BCUT2D eigenvalue weighted by atomic mass is 9.97. The number of aromatic nitrogens is 2. The van der Waals surface area contributed by atoms with Crippen LogP contribution in [0.2, 0.25) is 0 Å². The second-order valence-corrected chi connectivity index (χ2v) is 6.31. The molecular weight excluding hydrogens is 266 g/mol. The minimum absolute atomic E-state index is 0.0927. The Kier molecular flexibility index (Phi) is 3.47. The highest BCUT2D eigenvalue weighted by Crippen LogP contribution is 2.44. The summed E-state index contributed by atoms with van der Waals surface area (Å²) in [6.07, 6.45) is 9.95. The lowest BCUT2D eigenvalue weighted by molar-refractivity contribution is -0.0399. The summed E-state index contributed by atoms with van der Waals surface area (Å²) in [6, 6.07) is 2.33. The van der Waals surface area contributed by atoms with Crippen LogP contribution in [0.3, 0.4) is 0 Å². The van der Waals surface area contributed by atoms with Gasteiger partial charge in [-0.2, -0.15) is 5.10 Å². The van der Waals surface area contributed by atoms with Crippen molar-refractivity contribution in [1.82, 2.24) is 14.7 Å². The molecule has 0 saturated carbocycles. The van der Waals surface area contributed by atoms with Crippen LogP contribution in [0.5, 0.6) is 0 Å².